The van der Waals surface area contributed by atoms with E-state index in [2.05, 4.69) is 39.8 Å². The molecule has 0 saturated carbocycles. The molecule has 0 aromatic heterocycles. The van der Waals surface area contributed by atoms with Gasteiger partial charge in [-0.2, -0.15) is 0 Å². The maximum absolute atomic E-state index is 12.6. The van der Waals surface area contributed by atoms with Gasteiger partial charge >= 0.3 is 0 Å². The van der Waals surface area contributed by atoms with Crippen LogP contribution in [-0.2, 0) is 17.8 Å². The van der Waals surface area contributed by atoms with Crippen LogP contribution in [0.25, 0.3) is 6.08 Å². The first kappa shape index (κ1) is 26.9. The average Bonchev–Trinajstić information content (AvgIpc) is 3.19. The van der Waals surface area contributed by atoms with Gasteiger partial charge in [-0.3, -0.25) is 4.79 Å². The van der Waals surface area contributed by atoms with Crippen LogP contribution in [0.15, 0.2) is 64.5 Å². The molecule has 1 N–H and O–H groups in total. The molecule has 1 saturated heterocycles. The van der Waals surface area contributed by atoms with Crippen molar-refractivity contribution in [2.45, 2.75) is 26.9 Å². The van der Waals surface area contributed by atoms with Gasteiger partial charge < -0.3 is 14.8 Å². The number of nitrogens with zero attached hydrogens (tertiary/aromatic N) is 1. The van der Waals surface area contributed by atoms with Crippen molar-refractivity contribution in [1.29, 1.82) is 0 Å². The van der Waals surface area contributed by atoms with E-state index < -0.39 is 0 Å². The lowest BCUT2D eigenvalue weighted by Crippen LogP contribution is -2.19. The van der Waals surface area contributed by atoms with Gasteiger partial charge in [0.05, 0.1) is 30.8 Å². The molecular formula is C27H23Cl2IN2O3S. The molecule has 1 aliphatic rings. The van der Waals surface area contributed by atoms with Gasteiger partial charge in [0.15, 0.2) is 16.7 Å². The van der Waals surface area contributed by atoms with Gasteiger partial charge in [0.25, 0.3) is 5.91 Å². The Morgan fingerprint density at radius 3 is 2.44 bits per heavy atom. The molecule has 0 atom stereocenters. The van der Waals surface area contributed by atoms with Crippen LogP contribution in [0, 0.1) is 3.57 Å². The molecule has 9 heteroatoms. The Morgan fingerprint density at radius 1 is 1.00 bits per heavy atom. The van der Waals surface area contributed by atoms with Gasteiger partial charge in [-0.25, -0.2) is 4.99 Å². The number of benzene rings is 3. The number of halogens is 3. The molecule has 186 valence electrons. The summed E-state index contributed by atoms with van der Waals surface area (Å²) in [6.07, 6.45) is 2.80. The lowest BCUT2D eigenvalue weighted by atomic mass is 10.1. The predicted octanol–water partition coefficient (Wildman–Crippen LogP) is 8.03. The molecule has 1 fully saturated rings. The van der Waals surface area contributed by atoms with Crippen LogP contribution in [0.4, 0.5) is 5.69 Å². The standard InChI is InChI=1S/C27H23Cl2IN2O3S/c1-3-16-5-8-19(9-6-16)31-27-32-26(33)24(36-27)14-18-12-22(30)25(23(13-18)34-4-2)35-15-17-7-10-20(28)21(29)11-17/h5-14H,3-4,15H2,1-2H3,(H,31,32,33)/b24-14-. The molecule has 0 bridgehead atoms. The van der Waals surface area contributed by atoms with E-state index in [9.17, 15) is 4.79 Å². The molecule has 0 radical (unpaired) electrons. The monoisotopic (exact) mass is 652 g/mol. The van der Waals surface area contributed by atoms with Crippen molar-refractivity contribution in [1.82, 2.24) is 5.32 Å². The van der Waals surface area contributed by atoms with Crippen LogP contribution in [0.1, 0.15) is 30.5 Å². The van der Waals surface area contributed by atoms with Gasteiger partial charge in [-0.05, 0) is 107 Å². The molecule has 5 nitrogen and oxygen atoms in total. The van der Waals surface area contributed by atoms with Crippen LogP contribution in [0.3, 0.4) is 0 Å². The van der Waals surface area contributed by atoms with E-state index >= 15 is 0 Å². The summed E-state index contributed by atoms with van der Waals surface area (Å²) in [5.74, 6) is 1.05. The molecule has 0 spiro atoms. The third-order valence-electron chi connectivity index (χ3n) is 5.22. The Kier molecular flexibility index (Phi) is 9.22. The van der Waals surface area contributed by atoms with E-state index in [1.807, 2.05) is 55.5 Å². The van der Waals surface area contributed by atoms with E-state index in [0.717, 1.165) is 26.8 Å². The number of amides is 1. The van der Waals surface area contributed by atoms with Gasteiger partial charge in [0.1, 0.15) is 6.61 Å². The average molecular weight is 653 g/mol. The molecule has 1 amide bonds. The highest BCUT2D eigenvalue weighted by atomic mass is 127. The first-order valence-electron chi connectivity index (χ1n) is 11.3. The Balaban J connectivity index is 1.54. The molecule has 3 aromatic rings. The van der Waals surface area contributed by atoms with E-state index in [-0.39, 0.29) is 5.91 Å². The number of carbonyl (C=O) groups is 1. The van der Waals surface area contributed by atoms with E-state index in [0.29, 0.717) is 44.8 Å². The molecular weight excluding hydrogens is 630 g/mol. The van der Waals surface area contributed by atoms with Crippen molar-refractivity contribution < 1.29 is 14.3 Å². The number of amidine groups is 1. The first-order valence-corrected chi connectivity index (χ1v) is 13.9. The van der Waals surface area contributed by atoms with Crippen molar-refractivity contribution in [3.8, 4) is 11.5 Å². The third-order valence-corrected chi connectivity index (χ3v) is 7.67. The second kappa shape index (κ2) is 12.4. The van der Waals surface area contributed by atoms with Crippen molar-refractivity contribution in [2.24, 2.45) is 4.99 Å². The largest absolute Gasteiger partial charge is 0.490 e. The quantitative estimate of drug-likeness (QED) is 0.198. The minimum Gasteiger partial charge on any atom is -0.490 e. The fraction of sp³-hybridized carbons (Fsp3) is 0.185. The lowest BCUT2D eigenvalue weighted by Gasteiger charge is -2.15. The Bertz CT molecular complexity index is 1340. The van der Waals surface area contributed by atoms with Crippen molar-refractivity contribution in [2.75, 3.05) is 6.61 Å². The summed E-state index contributed by atoms with van der Waals surface area (Å²) in [6.45, 7) is 4.81. The zero-order valence-corrected chi connectivity index (χ0v) is 24.1. The van der Waals surface area contributed by atoms with E-state index in [1.165, 1.54) is 17.3 Å². The normalized spacial score (nSPS) is 15.4. The summed E-state index contributed by atoms with van der Waals surface area (Å²) in [5, 5.41) is 4.37. The van der Waals surface area contributed by atoms with Crippen LogP contribution in [0.5, 0.6) is 11.5 Å². The van der Waals surface area contributed by atoms with Gasteiger partial charge in [-0.15, -0.1) is 0 Å². The van der Waals surface area contributed by atoms with Gasteiger partial charge in [-0.1, -0.05) is 48.3 Å². The van der Waals surface area contributed by atoms with Gasteiger partial charge in [0.2, 0.25) is 0 Å². The fourth-order valence-electron chi connectivity index (χ4n) is 3.41. The number of aliphatic imine (C=N–C) groups is 1. The Morgan fingerprint density at radius 2 is 1.75 bits per heavy atom. The molecule has 1 aliphatic heterocycles. The zero-order valence-electron chi connectivity index (χ0n) is 19.6. The lowest BCUT2D eigenvalue weighted by molar-refractivity contribution is -0.115. The minimum atomic E-state index is -0.183. The van der Waals surface area contributed by atoms with E-state index in [4.69, 9.17) is 32.7 Å². The summed E-state index contributed by atoms with van der Waals surface area (Å²) in [6, 6.07) is 17.2. The van der Waals surface area contributed by atoms with E-state index in [1.54, 1.807) is 12.1 Å². The minimum absolute atomic E-state index is 0.183. The summed E-state index contributed by atoms with van der Waals surface area (Å²) in [7, 11) is 0. The van der Waals surface area contributed by atoms with Gasteiger partial charge in [0, 0.05) is 0 Å². The molecule has 36 heavy (non-hydrogen) atoms. The third kappa shape index (κ3) is 6.76. The number of nitrogens with one attached hydrogen (secondary N) is 1. The highest BCUT2D eigenvalue weighted by Crippen LogP contribution is 2.37. The number of hydrogen-bond donors (Lipinski definition) is 1. The highest BCUT2D eigenvalue weighted by Gasteiger charge is 2.24. The zero-order chi connectivity index (χ0) is 25.7. The summed E-state index contributed by atoms with van der Waals surface area (Å²) in [4.78, 5) is 17.7. The number of carbonyl (C=O) groups excluding carboxylic acids is 1. The smallest absolute Gasteiger partial charge is 0.264 e. The Labute approximate surface area is 238 Å². The fourth-order valence-corrected chi connectivity index (χ4v) is 5.36. The summed E-state index contributed by atoms with van der Waals surface area (Å²) in [5.41, 5.74) is 3.76. The molecule has 0 unspecified atom stereocenters. The van der Waals surface area contributed by atoms with Crippen LogP contribution < -0.4 is 14.8 Å². The second-order valence-corrected chi connectivity index (χ2v) is 10.8. The van der Waals surface area contributed by atoms with Crippen molar-refractivity contribution >= 4 is 80.4 Å². The van der Waals surface area contributed by atoms with Crippen molar-refractivity contribution in [3.63, 3.8) is 0 Å². The number of rotatable bonds is 8. The molecule has 1 heterocycles. The van der Waals surface area contributed by atoms with Crippen LogP contribution >= 0.6 is 57.6 Å². The summed E-state index contributed by atoms with van der Waals surface area (Å²) < 4.78 is 12.8. The first-order chi connectivity index (χ1) is 17.4. The van der Waals surface area contributed by atoms with Crippen molar-refractivity contribution in [3.05, 3.63) is 89.8 Å². The Hall–Kier alpha value is -2.20. The predicted molar refractivity (Wildman–Crippen MR) is 158 cm³/mol. The topological polar surface area (TPSA) is 59.9 Å². The van der Waals surface area contributed by atoms with Crippen LogP contribution in [0.2, 0.25) is 10.0 Å². The number of hydrogen-bond acceptors (Lipinski definition) is 5. The highest BCUT2D eigenvalue weighted by molar-refractivity contribution is 14.1. The molecule has 4 rings (SSSR count). The number of aryl methyl sites for hydroxylation is 1. The maximum atomic E-state index is 12.6. The molecule has 3 aromatic carbocycles. The second-order valence-electron chi connectivity index (χ2n) is 7.80. The van der Waals surface area contributed by atoms with Crippen LogP contribution in [-0.4, -0.2) is 17.7 Å². The SMILES string of the molecule is CCOc1cc(/C=C2\SC(=Nc3ccc(CC)cc3)NC2=O)cc(I)c1OCc1ccc(Cl)c(Cl)c1. The maximum Gasteiger partial charge on any atom is 0.264 e. The number of thioether (sulfide) groups is 1. The molecule has 0 aliphatic carbocycles. The summed E-state index contributed by atoms with van der Waals surface area (Å²) >= 11 is 15.7. The number of ether oxygens (including phenoxy) is 2.